The third-order valence-electron chi connectivity index (χ3n) is 12.0. The number of allylic oxidation sites excluding steroid dienone is 4. The summed E-state index contributed by atoms with van der Waals surface area (Å²) >= 11 is 0. The molecule has 1 aromatic rings. The zero-order chi connectivity index (χ0) is 39.6. The Kier molecular flexibility index (Phi) is 9.93. The number of carbonyl (C=O) groups is 4. The number of esters is 1. The second-order valence-corrected chi connectivity index (χ2v) is 15.4. The third kappa shape index (κ3) is 6.13. The predicted octanol–water partition coefficient (Wildman–Crippen LogP) is 4.74. The first kappa shape index (κ1) is 39.2. The lowest BCUT2D eigenvalue weighted by Crippen LogP contribution is -2.71. The molecule has 5 aliphatic rings. The zero-order valence-electron chi connectivity index (χ0n) is 30.6. The van der Waals surface area contributed by atoms with Crippen LogP contribution in [0, 0.1) is 32.8 Å². The molecule has 3 unspecified atom stereocenters. The Labute approximate surface area is 309 Å². The van der Waals surface area contributed by atoms with Gasteiger partial charge in [-0.2, -0.15) is 0 Å². The molecule has 0 amide bonds. The number of rotatable bonds is 11. The van der Waals surface area contributed by atoms with Crippen molar-refractivity contribution in [1.82, 2.24) is 0 Å². The molecule has 54 heavy (non-hydrogen) atoms. The van der Waals surface area contributed by atoms with Gasteiger partial charge in [-0.3, -0.25) is 9.59 Å². The van der Waals surface area contributed by atoms with E-state index in [1.165, 1.54) is 51.3 Å². The van der Waals surface area contributed by atoms with Crippen LogP contribution in [-0.2, 0) is 33.4 Å². The third-order valence-corrected chi connectivity index (χ3v) is 12.0. The van der Waals surface area contributed by atoms with Crippen molar-refractivity contribution in [2.75, 3.05) is 20.3 Å². The number of benzene rings is 1. The first-order valence-electron chi connectivity index (χ1n) is 17.6. The SMILES string of the molecule is COc1cc(C(=O)OCCC(C)O[N+](=O)[O-])ccc1OC(=O)OCC(=O)[C@@]12OC(C)(C)O[C@@H]1CC1C3C[C@H](F)C4=CC(=O)C=C[C@]4(C)[C@@]3(F)[C@@H](O)C[C@@]12C. The molecule has 0 aromatic heterocycles. The average molecular weight is 764 g/mol. The Morgan fingerprint density at radius 2 is 1.83 bits per heavy atom. The Morgan fingerprint density at radius 1 is 1.11 bits per heavy atom. The van der Waals surface area contributed by atoms with Crippen LogP contribution < -0.4 is 9.47 Å². The van der Waals surface area contributed by atoms with Crippen LogP contribution in [-0.4, -0.2) is 95.7 Å². The summed E-state index contributed by atoms with van der Waals surface area (Å²) in [5.41, 5.74) is -7.18. The highest BCUT2D eigenvalue weighted by atomic mass is 19.1. The molecular formula is C37H43F2NO14. The van der Waals surface area contributed by atoms with E-state index < -0.39 is 99.6 Å². The van der Waals surface area contributed by atoms with E-state index >= 15 is 8.78 Å². The molecule has 1 aliphatic heterocycles. The molecule has 1 N–H and O–H groups in total. The number of ketones is 2. The van der Waals surface area contributed by atoms with E-state index in [1.54, 1.807) is 20.8 Å². The van der Waals surface area contributed by atoms with E-state index in [9.17, 15) is 34.4 Å². The summed E-state index contributed by atoms with van der Waals surface area (Å²) in [4.78, 5) is 66.8. The standard InChI is InChI=1S/C37H43F2NO14/c1-19(53-40(46)47)10-12-49-31(44)20-7-8-26(27(13-20)48-6)51-32(45)50-18-29(43)37-30(52-33(2,3)54-37)16-22-23-15-25(38)24-14-21(41)9-11-34(24,4)36(23,39)28(42)17-35(22,37)5/h7-9,11,13-14,19,22-23,25,28,30,42H,10,12,15-18H2,1-6H3/t19?,22?,23?,25-,28-,30+,34-,35-,36-,37+/m0/s1. The van der Waals surface area contributed by atoms with Gasteiger partial charge < -0.3 is 38.4 Å². The van der Waals surface area contributed by atoms with Crippen molar-refractivity contribution in [1.29, 1.82) is 0 Å². The van der Waals surface area contributed by atoms with Gasteiger partial charge in [0.15, 0.2) is 40.9 Å². The number of carbonyl (C=O) groups excluding carboxylic acids is 4. The van der Waals surface area contributed by atoms with Gasteiger partial charge in [0, 0.05) is 23.2 Å². The van der Waals surface area contributed by atoms with Gasteiger partial charge in [-0.1, -0.05) is 13.0 Å². The van der Waals surface area contributed by atoms with Gasteiger partial charge in [-0.05, 0) is 88.8 Å². The van der Waals surface area contributed by atoms with Crippen molar-refractivity contribution >= 4 is 23.7 Å². The highest BCUT2D eigenvalue weighted by Gasteiger charge is 2.80. The summed E-state index contributed by atoms with van der Waals surface area (Å²) in [6, 6.07) is 3.74. The molecule has 10 atom stereocenters. The average Bonchev–Trinajstić information content (AvgIpc) is 3.50. The van der Waals surface area contributed by atoms with Crippen molar-refractivity contribution in [2.45, 2.75) is 102 Å². The fourth-order valence-electron chi connectivity index (χ4n) is 9.63. The maximum Gasteiger partial charge on any atom is 0.514 e. The van der Waals surface area contributed by atoms with Gasteiger partial charge >= 0.3 is 12.1 Å². The molecule has 3 saturated carbocycles. The van der Waals surface area contributed by atoms with E-state index in [4.69, 9.17) is 28.4 Å². The maximum atomic E-state index is 17.7. The molecule has 0 spiro atoms. The molecular weight excluding hydrogens is 720 g/mol. The Bertz CT molecular complexity index is 1820. The Balaban J connectivity index is 1.17. The van der Waals surface area contributed by atoms with Crippen LogP contribution in [0.4, 0.5) is 13.6 Å². The van der Waals surface area contributed by atoms with E-state index in [2.05, 4.69) is 4.84 Å². The number of fused-ring (bicyclic) bond motifs is 7. The van der Waals surface area contributed by atoms with Crippen LogP contribution in [0.3, 0.4) is 0 Å². The molecule has 294 valence electrons. The largest absolute Gasteiger partial charge is 0.514 e. The summed E-state index contributed by atoms with van der Waals surface area (Å²) in [7, 11) is 1.25. The molecule has 0 radical (unpaired) electrons. The van der Waals surface area contributed by atoms with Crippen LogP contribution in [0.2, 0.25) is 0 Å². The van der Waals surface area contributed by atoms with Crippen molar-refractivity contribution in [3.63, 3.8) is 0 Å². The molecule has 4 aliphatic carbocycles. The lowest BCUT2D eigenvalue weighted by molar-refractivity contribution is -0.767. The van der Waals surface area contributed by atoms with Gasteiger partial charge in [-0.15, -0.1) is 10.1 Å². The molecule has 4 fully saturated rings. The van der Waals surface area contributed by atoms with Gasteiger partial charge in [0.1, 0.15) is 12.3 Å². The highest BCUT2D eigenvalue weighted by Crippen LogP contribution is 2.72. The summed E-state index contributed by atoms with van der Waals surface area (Å²) in [6.45, 7) is 6.76. The fraction of sp³-hybridized carbons (Fsp3) is 0.622. The van der Waals surface area contributed by atoms with Crippen LogP contribution in [0.1, 0.15) is 70.7 Å². The number of hydrogen-bond donors (Lipinski definition) is 1. The lowest BCUT2D eigenvalue weighted by atomic mass is 9.44. The molecule has 1 saturated heterocycles. The Morgan fingerprint density at radius 3 is 2.52 bits per heavy atom. The first-order valence-corrected chi connectivity index (χ1v) is 17.6. The van der Waals surface area contributed by atoms with E-state index in [0.29, 0.717) is 0 Å². The van der Waals surface area contributed by atoms with E-state index in [-0.39, 0.29) is 54.9 Å². The number of hydrogen-bond acceptors (Lipinski definition) is 14. The van der Waals surface area contributed by atoms with Crippen molar-refractivity contribution in [3.05, 3.63) is 57.7 Å². The van der Waals surface area contributed by atoms with Crippen LogP contribution in [0.5, 0.6) is 11.5 Å². The minimum atomic E-state index is -2.39. The van der Waals surface area contributed by atoms with Gasteiger partial charge in [-0.25, -0.2) is 18.4 Å². The number of aliphatic hydroxyl groups excluding tert-OH is 1. The quantitative estimate of drug-likeness (QED) is 0.140. The number of alkyl halides is 2. The van der Waals surface area contributed by atoms with Gasteiger partial charge in [0.05, 0.1) is 31.5 Å². The Hall–Kier alpha value is -4.48. The number of aliphatic hydroxyl groups is 1. The van der Waals surface area contributed by atoms with Crippen molar-refractivity contribution in [3.8, 4) is 11.5 Å². The predicted molar refractivity (Wildman–Crippen MR) is 179 cm³/mol. The number of Topliss-reactive ketones (excluding diaryl/α,β-unsaturated/α-hetero) is 1. The number of ether oxygens (including phenoxy) is 6. The van der Waals surface area contributed by atoms with Crippen LogP contribution in [0.15, 0.2) is 42.0 Å². The van der Waals surface area contributed by atoms with Crippen molar-refractivity contribution in [2.24, 2.45) is 22.7 Å². The first-order chi connectivity index (χ1) is 25.2. The fourth-order valence-corrected chi connectivity index (χ4v) is 9.63. The van der Waals surface area contributed by atoms with E-state index in [1.807, 2.05) is 0 Å². The summed E-state index contributed by atoms with van der Waals surface area (Å²) < 4.78 is 67.1. The summed E-state index contributed by atoms with van der Waals surface area (Å²) in [5, 5.41) is 21.2. The number of methoxy groups -OCH3 is 1. The maximum absolute atomic E-state index is 17.7. The topological polar surface area (TPSA) is 196 Å². The second-order valence-electron chi connectivity index (χ2n) is 15.4. The van der Waals surface area contributed by atoms with Crippen LogP contribution in [0.25, 0.3) is 0 Å². The normalized spacial score (nSPS) is 36.4. The minimum absolute atomic E-state index is 0.0130. The molecule has 1 aromatic carbocycles. The minimum Gasteiger partial charge on any atom is -0.493 e. The molecule has 6 rings (SSSR count). The van der Waals surface area contributed by atoms with Gasteiger partial charge in [0.25, 0.3) is 5.09 Å². The second kappa shape index (κ2) is 13.7. The van der Waals surface area contributed by atoms with Crippen LogP contribution >= 0.6 is 0 Å². The zero-order valence-corrected chi connectivity index (χ0v) is 30.6. The summed E-state index contributed by atoms with van der Waals surface area (Å²) in [5.74, 6) is -5.34. The number of halogens is 2. The smallest absolute Gasteiger partial charge is 0.493 e. The highest BCUT2D eigenvalue weighted by molar-refractivity contribution is 6.01. The van der Waals surface area contributed by atoms with E-state index in [0.717, 1.165) is 6.08 Å². The molecule has 1 heterocycles. The van der Waals surface area contributed by atoms with Gasteiger partial charge in [0.2, 0.25) is 5.78 Å². The van der Waals surface area contributed by atoms with Crippen molar-refractivity contribution < 1.29 is 71.4 Å². The summed E-state index contributed by atoms with van der Waals surface area (Å²) in [6.07, 6.45) is -3.33. The molecule has 17 heteroatoms. The molecule has 0 bridgehead atoms. The monoisotopic (exact) mass is 763 g/mol. The molecule has 15 nitrogen and oxygen atoms in total. The number of nitrogens with zero attached hydrogens (tertiary/aromatic N) is 1. The lowest BCUT2D eigenvalue weighted by Gasteiger charge is -2.63.